The Balaban J connectivity index is 1.68. The third kappa shape index (κ3) is 4.85. The average Bonchev–Trinajstić information content (AvgIpc) is 3.12. The molecule has 1 aromatic heterocycles. The van der Waals surface area contributed by atoms with Crippen LogP contribution in [0.2, 0.25) is 5.02 Å². The maximum absolute atomic E-state index is 12.2. The molecule has 2 N–H and O–H groups in total. The molecule has 0 saturated carbocycles. The summed E-state index contributed by atoms with van der Waals surface area (Å²) in [6.07, 6.45) is 0.381. The van der Waals surface area contributed by atoms with Crippen LogP contribution in [0.1, 0.15) is 23.0 Å². The predicted octanol–water partition coefficient (Wildman–Crippen LogP) is 3.71. The fourth-order valence-corrected chi connectivity index (χ4v) is 2.63. The van der Waals surface area contributed by atoms with Crippen molar-refractivity contribution in [2.45, 2.75) is 13.0 Å². The first-order valence-corrected chi connectivity index (χ1v) is 8.85. The molecule has 2 aromatic carbocycles. The smallest absolute Gasteiger partial charge is 0.344 e. The van der Waals surface area contributed by atoms with Crippen LogP contribution < -0.4 is 14.9 Å². The Labute approximate surface area is 170 Å². The molecular formula is C20H17ClN2O6. The molecule has 150 valence electrons. The van der Waals surface area contributed by atoms with E-state index in [0.717, 1.165) is 0 Å². The van der Waals surface area contributed by atoms with Gasteiger partial charge in [-0.15, -0.1) is 0 Å². The van der Waals surface area contributed by atoms with E-state index in [1.165, 1.54) is 20.2 Å². The second kappa shape index (κ2) is 8.66. The van der Waals surface area contributed by atoms with Gasteiger partial charge in [0.1, 0.15) is 5.58 Å². The van der Waals surface area contributed by atoms with Gasteiger partial charge in [0, 0.05) is 10.4 Å². The zero-order valence-electron chi connectivity index (χ0n) is 15.5. The number of ether oxygens (including phenoxy) is 2. The summed E-state index contributed by atoms with van der Waals surface area (Å²) in [4.78, 5) is 23.1. The standard InChI is InChI=1S/C20H17ClN2O6/c1-11(20(25)26)28-16-5-3-12(7-17(16)27-2)10-22-23-19(24)18-9-13-8-14(21)4-6-15(13)29-18/h3-11H,1-2H3,(H,23,24)(H,25,26)/b22-10-/t11-/m0/s1. The monoisotopic (exact) mass is 416 g/mol. The van der Waals surface area contributed by atoms with E-state index >= 15 is 0 Å². The van der Waals surface area contributed by atoms with Crippen LogP contribution in [0.5, 0.6) is 11.5 Å². The third-order valence-corrected chi connectivity index (χ3v) is 4.16. The van der Waals surface area contributed by atoms with Crippen LogP contribution in [0.15, 0.2) is 52.0 Å². The van der Waals surface area contributed by atoms with Crippen LogP contribution in [0, 0.1) is 0 Å². The molecule has 0 radical (unpaired) electrons. The van der Waals surface area contributed by atoms with Gasteiger partial charge in [-0.2, -0.15) is 5.10 Å². The van der Waals surface area contributed by atoms with Crippen molar-refractivity contribution in [3.63, 3.8) is 0 Å². The Morgan fingerprint density at radius 3 is 2.72 bits per heavy atom. The van der Waals surface area contributed by atoms with E-state index in [4.69, 9.17) is 30.6 Å². The first-order valence-electron chi connectivity index (χ1n) is 8.47. The second-order valence-corrected chi connectivity index (χ2v) is 6.44. The number of carboxylic acids is 1. The van der Waals surface area contributed by atoms with Crippen molar-refractivity contribution in [1.29, 1.82) is 0 Å². The number of benzene rings is 2. The van der Waals surface area contributed by atoms with Crippen molar-refractivity contribution < 1.29 is 28.6 Å². The van der Waals surface area contributed by atoms with Gasteiger partial charge in [-0.05, 0) is 55.0 Å². The number of rotatable bonds is 7. The molecule has 1 amide bonds. The van der Waals surface area contributed by atoms with Crippen molar-refractivity contribution in [3.05, 3.63) is 58.8 Å². The number of hydrogen-bond acceptors (Lipinski definition) is 6. The molecule has 3 aromatic rings. The van der Waals surface area contributed by atoms with Crippen molar-refractivity contribution in [3.8, 4) is 11.5 Å². The lowest BCUT2D eigenvalue weighted by Gasteiger charge is -2.13. The largest absolute Gasteiger partial charge is 0.493 e. The Morgan fingerprint density at radius 2 is 2.00 bits per heavy atom. The number of halogens is 1. The molecular weight excluding hydrogens is 400 g/mol. The Morgan fingerprint density at radius 1 is 1.21 bits per heavy atom. The summed E-state index contributed by atoms with van der Waals surface area (Å²) in [5.41, 5.74) is 3.52. The zero-order chi connectivity index (χ0) is 21.0. The molecule has 0 aliphatic heterocycles. The number of carbonyl (C=O) groups is 2. The summed E-state index contributed by atoms with van der Waals surface area (Å²) >= 11 is 5.92. The fourth-order valence-electron chi connectivity index (χ4n) is 2.45. The number of amides is 1. The van der Waals surface area contributed by atoms with Gasteiger partial charge >= 0.3 is 11.9 Å². The molecule has 0 unspecified atom stereocenters. The highest BCUT2D eigenvalue weighted by molar-refractivity contribution is 6.31. The molecule has 3 rings (SSSR count). The number of methoxy groups -OCH3 is 1. The highest BCUT2D eigenvalue weighted by Crippen LogP contribution is 2.28. The molecule has 29 heavy (non-hydrogen) atoms. The predicted molar refractivity (Wildman–Crippen MR) is 107 cm³/mol. The highest BCUT2D eigenvalue weighted by atomic mass is 35.5. The van der Waals surface area contributed by atoms with Gasteiger partial charge in [0.05, 0.1) is 13.3 Å². The van der Waals surface area contributed by atoms with Crippen molar-refractivity contribution in [1.82, 2.24) is 5.43 Å². The number of carboxylic acid groups (broad SMARTS) is 1. The maximum Gasteiger partial charge on any atom is 0.344 e. The number of fused-ring (bicyclic) bond motifs is 1. The van der Waals surface area contributed by atoms with Gasteiger partial charge in [-0.1, -0.05) is 11.6 Å². The molecule has 0 saturated heterocycles. The lowest BCUT2D eigenvalue weighted by Crippen LogP contribution is -2.23. The van der Waals surface area contributed by atoms with Gasteiger partial charge in [0.25, 0.3) is 0 Å². The van der Waals surface area contributed by atoms with E-state index in [0.29, 0.717) is 27.3 Å². The Hall–Kier alpha value is -3.52. The lowest BCUT2D eigenvalue weighted by atomic mass is 10.2. The molecule has 9 heteroatoms. The molecule has 0 fully saturated rings. The van der Waals surface area contributed by atoms with E-state index in [1.807, 2.05) is 0 Å². The van der Waals surface area contributed by atoms with Crippen LogP contribution in [-0.2, 0) is 4.79 Å². The van der Waals surface area contributed by atoms with Crippen molar-refractivity contribution >= 4 is 40.7 Å². The number of furan rings is 1. The topological polar surface area (TPSA) is 110 Å². The minimum Gasteiger partial charge on any atom is -0.493 e. The number of aliphatic carboxylic acids is 1. The molecule has 1 heterocycles. The zero-order valence-corrected chi connectivity index (χ0v) is 16.3. The molecule has 0 spiro atoms. The number of hydrazone groups is 1. The summed E-state index contributed by atoms with van der Waals surface area (Å²) in [6, 6.07) is 11.4. The van der Waals surface area contributed by atoms with Gasteiger partial charge in [0.2, 0.25) is 0 Å². The fraction of sp³-hybridized carbons (Fsp3) is 0.150. The molecule has 1 atom stereocenters. The van der Waals surface area contributed by atoms with E-state index in [-0.39, 0.29) is 11.5 Å². The summed E-state index contributed by atoms with van der Waals surface area (Å²) in [7, 11) is 1.43. The van der Waals surface area contributed by atoms with Crippen LogP contribution in [0.25, 0.3) is 11.0 Å². The van der Waals surface area contributed by atoms with Crippen LogP contribution >= 0.6 is 11.6 Å². The van der Waals surface area contributed by atoms with Crippen LogP contribution in [-0.4, -0.2) is 36.4 Å². The second-order valence-electron chi connectivity index (χ2n) is 6.00. The van der Waals surface area contributed by atoms with E-state index in [1.54, 1.807) is 42.5 Å². The molecule has 0 aliphatic rings. The van der Waals surface area contributed by atoms with E-state index in [2.05, 4.69) is 10.5 Å². The SMILES string of the molecule is COc1cc(/C=N\NC(=O)c2cc3cc(Cl)ccc3o2)ccc1O[C@@H](C)C(=O)O. The number of nitrogens with zero attached hydrogens (tertiary/aromatic N) is 1. The Kier molecular flexibility index (Phi) is 6.04. The molecule has 0 bridgehead atoms. The quantitative estimate of drug-likeness (QED) is 0.448. The van der Waals surface area contributed by atoms with E-state index < -0.39 is 18.0 Å². The van der Waals surface area contributed by atoms with Crippen LogP contribution in [0.4, 0.5) is 0 Å². The van der Waals surface area contributed by atoms with Gasteiger partial charge < -0.3 is 19.0 Å². The first-order chi connectivity index (χ1) is 13.9. The van der Waals surface area contributed by atoms with Crippen molar-refractivity contribution in [2.24, 2.45) is 5.10 Å². The number of nitrogens with one attached hydrogen (secondary N) is 1. The Bertz CT molecular complexity index is 1090. The lowest BCUT2D eigenvalue weighted by molar-refractivity contribution is -0.144. The highest BCUT2D eigenvalue weighted by Gasteiger charge is 2.15. The summed E-state index contributed by atoms with van der Waals surface area (Å²) in [5.74, 6) is -0.889. The molecule has 0 aliphatic carbocycles. The summed E-state index contributed by atoms with van der Waals surface area (Å²) < 4.78 is 16.0. The van der Waals surface area contributed by atoms with Crippen molar-refractivity contribution in [2.75, 3.05) is 7.11 Å². The van der Waals surface area contributed by atoms with Crippen LogP contribution in [0.3, 0.4) is 0 Å². The van der Waals surface area contributed by atoms with Gasteiger partial charge in [0.15, 0.2) is 23.4 Å². The molecule has 8 nitrogen and oxygen atoms in total. The number of carbonyl (C=O) groups excluding carboxylic acids is 1. The van der Waals surface area contributed by atoms with Gasteiger partial charge in [-0.25, -0.2) is 10.2 Å². The minimum atomic E-state index is -1.09. The summed E-state index contributed by atoms with van der Waals surface area (Å²) in [6.45, 7) is 1.42. The normalized spacial score (nSPS) is 12.1. The average molecular weight is 417 g/mol. The maximum atomic E-state index is 12.2. The first kappa shape index (κ1) is 20.2. The third-order valence-electron chi connectivity index (χ3n) is 3.92. The number of hydrogen-bond donors (Lipinski definition) is 2. The summed E-state index contributed by atoms with van der Waals surface area (Å²) in [5, 5.41) is 14.1. The minimum absolute atomic E-state index is 0.100. The van der Waals surface area contributed by atoms with Gasteiger partial charge in [-0.3, -0.25) is 4.79 Å². The van der Waals surface area contributed by atoms with E-state index in [9.17, 15) is 9.59 Å².